The lowest BCUT2D eigenvalue weighted by Crippen LogP contribution is -2.46. The van der Waals surface area contributed by atoms with E-state index in [1.807, 2.05) is 0 Å². The summed E-state index contributed by atoms with van der Waals surface area (Å²) in [5.74, 6) is -0.370. The standard InChI is InChI=1S/C18H30N4O6S/c1-12-9-14(28-8-4-5-16(23)21-7-6-19)10-13(2)17(12)29(25,26)22-15(11-20)18(24)27-3/h9-10,15,22H,4-8,11,19-20H2,1-3H3,(H,21,23)/t15-/m0/s1. The van der Waals surface area contributed by atoms with E-state index in [-0.39, 0.29) is 17.3 Å². The number of carbonyl (C=O) groups is 2. The Hall–Kier alpha value is -2.21. The highest BCUT2D eigenvalue weighted by atomic mass is 32.2. The summed E-state index contributed by atoms with van der Waals surface area (Å²) >= 11 is 0. The van der Waals surface area contributed by atoms with Gasteiger partial charge in [0.2, 0.25) is 15.9 Å². The van der Waals surface area contributed by atoms with Crippen LogP contribution in [0.2, 0.25) is 0 Å². The van der Waals surface area contributed by atoms with E-state index in [0.29, 0.717) is 49.4 Å². The van der Waals surface area contributed by atoms with Crippen LogP contribution in [0.15, 0.2) is 17.0 Å². The number of amides is 1. The van der Waals surface area contributed by atoms with Gasteiger partial charge in [-0.05, 0) is 43.5 Å². The summed E-state index contributed by atoms with van der Waals surface area (Å²) in [5, 5.41) is 2.67. The number of nitrogens with two attached hydrogens (primary N) is 2. The zero-order chi connectivity index (χ0) is 22.0. The van der Waals surface area contributed by atoms with Crippen molar-refractivity contribution >= 4 is 21.9 Å². The molecular formula is C18H30N4O6S. The first-order valence-corrected chi connectivity index (χ1v) is 10.7. The van der Waals surface area contributed by atoms with Crippen molar-refractivity contribution in [1.82, 2.24) is 10.0 Å². The lowest BCUT2D eigenvalue weighted by Gasteiger charge is -2.18. The normalized spacial score (nSPS) is 12.3. The molecule has 1 atom stereocenters. The molecule has 0 radical (unpaired) electrons. The number of sulfonamides is 1. The molecule has 11 heteroatoms. The molecule has 29 heavy (non-hydrogen) atoms. The van der Waals surface area contributed by atoms with Crippen molar-refractivity contribution in [3.63, 3.8) is 0 Å². The molecule has 0 aliphatic rings. The smallest absolute Gasteiger partial charge is 0.325 e. The number of ether oxygens (including phenoxy) is 2. The fraction of sp³-hybridized carbons (Fsp3) is 0.556. The molecule has 1 amide bonds. The second-order valence-corrected chi connectivity index (χ2v) is 8.06. The van der Waals surface area contributed by atoms with Gasteiger partial charge in [-0.2, -0.15) is 4.72 Å². The molecule has 164 valence electrons. The van der Waals surface area contributed by atoms with E-state index in [4.69, 9.17) is 16.2 Å². The van der Waals surface area contributed by atoms with Crippen LogP contribution in [0.3, 0.4) is 0 Å². The summed E-state index contributed by atoms with van der Waals surface area (Å²) in [6.45, 7) is 4.15. The summed E-state index contributed by atoms with van der Waals surface area (Å²) in [6, 6.07) is 2.00. The molecule has 0 spiro atoms. The van der Waals surface area contributed by atoms with Gasteiger partial charge < -0.3 is 26.3 Å². The molecule has 0 fully saturated rings. The molecule has 0 aliphatic heterocycles. The topological polar surface area (TPSA) is 163 Å². The van der Waals surface area contributed by atoms with Crippen LogP contribution in [0.4, 0.5) is 0 Å². The van der Waals surface area contributed by atoms with Gasteiger partial charge in [-0.1, -0.05) is 0 Å². The Labute approximate surface area is 171 Å². The van der Waals surface area contributed by atoms with Gasteiger partial charge in [-0.25, -0.2) is 8.42 Å². The van der Waals surface area contributed by atoms with E-state index in [9.17, 15) is 18.0 Å². The Bertz CT molecular complexity index is 790. The maximum Gasteiger partial charge on any atom is 0.325 e. The number of benzene rings is 1. The van der Waals surface area contributed by atoms with Gasteiger partial charge in [-0.15, -0.1) is 0 Å². The molecule has 0 bridgehead atoms. The van der Waals surface area contributed by atoms with Crippen LogP contribution in [0.1, 0.15) is 24.0 Å². The molecule has 0 unspecified atom stereocenters. The Kier molecular flexibility index (Phi) is 10.0. The maximum atomic E-state index is 12.7. The third-order valence-corrected chi connectivity index (χ3v) is 5.78. The monoisotopic (exact) mass is 430 g/mol. The van der Waals surface area contributed by atoms with Gasteiger partial charge in [-0.3, -0.25) is 9.59 Å². The van der Waals surface area contributed by atoms with Crippen LogP contribution < -0.4 is 26.2 Å². The second-order valence-electron chi connectivity index (χ2n) is 6.41. The molecule has 1 aromatic carbocycles. The van der Waals surface area contributed by atoms with Crippen molar-refractivity contribution in [2.75, 3.05) is 33.4 Å². The number of methoxy groups -OCH3 is 1. The Morgan fingerprint density at radius 2 is 1.79 bits per heavy atom. The molecule has 0 saturated carbocycles. The van der Waals surface area contributed by atoms with Crippen molar-refractivity contribution in [2.45, 2.75) is 37.6 Å². The number of nitrogens with one attached hydrogen (secondary N) is 2. The van der Waals surface area contributed by atoms with Gasteiger partial charge in [0.15, 0.2) is 0 Å². The largest absolute Gasteiger partial charge is 0.494 e. The van der Waals surface area contributed by atoms with Crippen LogP contribution in [0, 0.1) is 13.8 Å². The zero-order valence-corrected chi connectivity index (χ0v) is 17.8. The molecule has 0 aromatic heterocycles. The number of hydrogen-bond donors (Lipinski definition) is 4. The molecule has 0 heterocycles. The van der Waals surface area contributed by atoms with Crippen LogP contribution in [0.25, 0.3) is 0 Å². The van der Waals surface area contributed by atoms with Crippen molar-refractivity contribution in [3.8, 4) is 5.75 Å². The lowest BCUT2D eigenvalue weighted by molar-refractivity contribution is -0.142. The number of esters is 1. The Balaban J connectivity index is 2.81. The summed E-state index contributed by atoms with van der Waals surface area (Å²) in [7, 11) is -2.84. The van der Waals surface area contributed by atoms with E-state index in [1.165, 1.54) is 0 Å². The second kappa shape index (κ2) is 11.7. The molecule has 0 aliphatic carbocycles. The van der Waals surface area contributed by atoms with Gasteiger partial charge in [0.1, 0.15) is 11.8 Å². The van der Waals surface area contributed by atoms with E-state index in [0.717, 1.165) is 7.11 Å². The summed E-state index contributed by atoms with van der Waals surface area (Å²) in [5.41, 5.74) is 11.7. The van der Waals surface area contributed by atoms with Gasteiger partial charge >= 0.3 is 5.97 Å². The summed E-state index contributed by atoms with van der Waals surface area (Å²) in [6.07, 6.45) is 0.815. The van der Waals surface area contributed by atoms with Crippen molar-refractivity contribution in [1.29, 1.82) is 0 Å². The number of rotatable bonds is 12. The minimum Gasteiger partial charge on any atom is -0.494 e. The van der Waals surface area contributed by atoms with E-state index < -0.39 is 22.0 Å². The van der Waals surface area contributed by atoms with Gasteiger partial charge in [0.25, 0.3) is 0 Å². The average molecular weight is 431 g/mol. The molecule has 10 nitrogen and oxygen atoms in total. The fourth-order valence-electron chi connectivity index (χ4n) is 2.72. The maximum absolute atomic E-state index is 12.7. The predicted octanol–water partition coefficient (Wildman–Crippen LogP) is -0.684. The van der Waals surface area contributed by atoms with Crippen molar-refractivity contribution < 1.29 is 27.5 Å². The lowest BCUT2D eigenvalue weighted by atomic mass is 10.1. The minimum atomic E-state index is -4.00. The first-order chi connectivity index (χ1) is 13.7. The van der Waals surface area contributed by atoms with Crippen LogP contribution in [0.5, 0.6) is 5.75 Å². The third kappa shape index (κ3) is 7.61. The summed E-state index contributed by atoms with van der Waals surface area (Å²) in [4.78, 5) is 23.2. The zero-order valence-electron chi connectivity index (χ0n) is 17.0. The highest BCUT2D eigenvalue weighted by Gasteiger charge is 2.28. The first kappa shape index (κ1) is 24.8. The van der Waals surface area contributed by atoms with Gasteiger partial charge in [0, 0.05) is 26.1 Å². The van der Waals surface area contributed by atoms with Crippen LogP contribution in [-0.4, -0.2) is 59.7 Å². The van der Waals surface area contributed by atoms with Crippen molar-refractivity contribution in [3.05, 3.63) is 23.3 Å². The van der Waals surface area contributed by atoms with Gasteiger partial charge in [0.05, 0.1) is 18.6 Å². The predicted molar refractivity (Wildman–Crippen MR) is 108 cm³/mol. The first-order valence-electron chi connectivity index (χ1n) is 9.17. The highest BCUT2D eigenvalue weighted by molar-refractivity contribution is 7.89. The minimum absolute atomic E-state index is 0.0494. The number of hydrogen-bond acceptors (Lipinski definition) is 8. The molecule has 0 saturated heterocycles. The quantitative estimate of drug-likeness (QED) is 0.250. The van der Waals surface area contributed by atoms with Crippen LogP contribution in [-0.2, 0) is 24.3 Å². The van der Waals surface area contributed by atoms with E-state index in [2.05, 4.69) is 14.8 Å². The molecular weight excluding hydrogens is 400 g/mol. The average Bonchev–Trinajstić information content (AvgIpc) is 2.66. The van der Waals surface area contributed by atoms with E-state index in [1.54, 1.807) is 26.0 Å². The Morgan fingerprint density at radius 3 is 2.31 bits per heavy atom. The molecule has 1 aromatic rings. The number of aryl methyl sites for hydroxylation is 2. The molecule has 6 N–H and O–H groups in total. The third-order valence-electron chi connectivity index (χ3n) is 4.00. The number of carbonyl (C=O) groups excluding carboxylic acids is 2. The van der Waals surface area contributed by atoms with Crippen LogP contribution >= 0.6 is 0 Å². The Morgan fingerprint density at radius 1 is 1.17 bits per heavy atom. The summed E-state index contributed by atoms with van der Waals surface area (Å²) < 4.78 is 37.9. The SMILES string of the molecule is COC(=O)[C@H](CN)NS(=O)(=O)c1c(C)cc(OCCCC(=O)NCCN)cc1C. The molecule has 1 rings (SSSR count). The highest BCUT2D eigenvalue weighted by Crippen LogP contribution is 2.26. The van der Waals surface area contributed by atoms with Crippen molar-refractivity contribution in [2.24, 2.45) is 11.5 Å². The fourth-order valence-corrected chi connectivity index (χ4v) is 4.37. The van der Waals surface area contributed by atoms with E-state index >= 15 is 0 Å².